The number of amides is 1. The highest BCUT2D eigenvalue weighted by molar-refractivity contribution is 5.91. The molecule has 5 heteroatoms. The molecule has 2 rings (SSSR count). The zero-order valence-electron chi connectivity index (χ0n) is 7.77. The van der Waals surface area contributed by atoms with Gasteiger partial charge in [-0.15, -0.1) is 0 Å². The van der Waals surface area contributed by atoms with E-state index in [-0.39, 0.29) is 23.8 Å². The zero-order valence-corrected chi connectivity index (χ0v) is 7.77. The van der Waals surface area contributed by atoms with Gasteiger partial charge in [-0.1, -0.05) is 0 Å². The SMILES string of the molecule is NC1CCCC1NC(=O)c1cnco1. The van der Waals surface area contributed by atoms with Gasteiger partial charge in [0.1, 0.15) is 0 Å². The topological polar surface area (TPSA) is 81.1 Å². The first-order valence-electron chi connectivity index (χ1n) is 4.72. The van der Waals surface area contributed by atoms with Gasteiger partial charge < -0.3 is 15.5 Å². The van der Waals surface area contributed by atoms with Gasteiger partial charge in [0.05, 0.1) is 6.20 Å². The average Bonchev–Trinajstić information content (AvgIpc) is 2.77. The highest BCUT2D eigenvalue weighted by Gasteiger charge is 2.26. The van der Waals surface area contributed by atoms with Gasteiger partial charge in [-0.25, -0.2) is 4.98 Å². The third-order valence-electron chi connectivity index (χ3n) is 2.54. The Balaban J connectivity index is 1.95. The van der Waals surface area contributed by atoms with E-state index in [1.165, 1.54) is 12.6 Å². The van der Waals surface area contributed by atoms with Crippen LogP contribution in [0.15, 0.2) is 17.0 Å². The Kier molecular flexibility index (Phi) is 2.49. The van der Waals surface area contributed by atoms with E-state index in [0.29, 0.717) is 0 Å². The van der Waals surface area contributed by atoms with Crippen LogP contribution in [-0.2, 0) is 0 Å². The van der Waals surface area contributed by atoms with Gasteiger partial charge in [0.25, 0.3) is 5.91 Å². The maximum atomic E-state index is 11.5. The lowest BCUT2D eigenvalue weighted by molar-refractivity contribution is 0.0906. The lowest BCUT2D eigenvalue weighted by atomic mass is 10.2. The van der Waals surface area contributed by atoms with Crippen molar-refractivity contribution in [3.05, 3.63) is 18.4 Å². The molecule has 1 amide bonds. The number of rotatable bonds is 2. The number of nitrogens with two attached hydrogens (primary N) is 1. The van der Waals surface area contributed by atoms with Crippen LogP contribution in [0.2, 0.25) is 0 Å². The molecule has 1 aromatic rings. The molecule has 1 saturated carbocycles. The summed E-state index contributed by atoms with van der Waals surface area (Å²) < 4.78 is 4.88. The fourth-order valence-electron chi connectivity index (χ4n) is 1.74. The maximum Gasteiger partial charge on any atom is 0.288 e. The maximum absolute atomic E-state index is 11.5. The molecule has 0 bridgehead atoms. The number of oxazole rings is 1. The second-order valence-corrected chi connectivity index (χ2v) is 3.54. The standard InChI is InChI=1S/C9H13N3O2/c10-6-2-1-3-7(6)12-9(13)8-4-11-5-14-8/h4-7H,1-3,10H2,(H,12,13). The monoisotopic (exact) mass is 195 g/mol. The second kappa shape index (κ2) is 3.79. The molecule has 0 aliphatic heterocycles. The van der Waals surface area contributed by atoms with Crippen LogP contribution in [0.1, 0.15) is 29.8 Å². The molecule has 2 unspecified atom stereocenters. The third kappa shape index (κ3) is 1.77. The summed E-state index contributed by atoms with van der Waals surface area (Å²) in [7, 11) is 0. The molecule has 3 N–H and O–H groups in total. The van der Waals surface area contributed by atoms with Crippen molar-refractivity contribution in [1.82, 2.24) is 10.3 Å². The molecule has 0 spiro atoms. The van der Waals surface area contributed by atoms with Crippen molar-refractivity contribution in [3.8, 4) is 0 Å². The first-order valence-corrected chi connectivity index (χ1v) is 4.72. The summed E-state index contributed by atoms with van der Waals surface area (Å²) in [6.45, 7) is 0. The summed E-state index contributed by atoms with van der Waals surface area (Å²) in [5, 5.41) is 2.83. The first kappa shape index (κ1) is 9.21. The van der Waals surface area contributed by atoms with E-state index in [1.807, 2.05) is 0 Å². The minimum Gasteiger partial charge on any atom is -0.438 e. The van der Waals surface area contributed by atoms with Crippen LogP contribution in [0.5, 0.6) is 0 Å². The predicted octanol–water partition coefficient (Wildman–Crippen LogP) is 0.284. The largest absolute Gasteiger partial charge is 0.438 e. The van der Waals surface area contributed by atoms with E-state index in [4.69, 9.17) is 10.2 Å². The minimum atomic E-state index is -0.232. The number of aromatic nitrogens is 1. The Hall–Kier alpha value is -1.36. The second-order valence-electron chi connectivity index (χ2n) is 3.54. The van der Waals surface area contributed by atoms with Gasteiger partial charge >= 0.3 is 0 Å². The number of hydrogen-bond acceptors (Lipinski definition) is 4. The van der Waals surface area contributed by atoms with Crippen LogP contribution in [0, 0.1) is 0 Å². The highest BCUT2D eigenvalue weighted by atomic mass is 16.3. The third-order valence-corrected chi connectivity index (χ3v) is 2.54. The summed E-state index contributed by atoms with van der Waals surface area (Å²) >= 11 is 0. The number of nitrogens with one attached hydrogen (secondary N) is 1. The van der Waals surface area contributed by atoms with Gasteiger partial charge in [-0.3, -0.25) is 4.79 Å². The van der Waals surface area contributed by atoms with Gasteiger partial charge in [0.2, 0.25) is 5.76 Å². The van der Waals surface area contributed by atoms with Crippen molar-refractivity contribution >= 4 is 5.91 Å². The van der Waals surface area contributed by atoms with Crippen molar-refractivity contribution in [2.75, 3.05) is 0 Å². The fourth-order valence-corrected chi connectivity index (χ4v) is 1.74. The molecular formula is C9H13N3O2. The lowest BCUT2D eigenvalue weighted by Gasteiger charge is -2.15. The van der Waals surface area contributed by atoms with Crippen LogP contribution in [0.25, 0.3) is 0 Å². The van der Waals surface area contributed by atoms with Crippen LogP contribution in [0.3, 0.4) is 0 Å². The fraction of sp³-hybridized carbons (Fsp3) is 0.556. The molecule has 5 nitrogen and oxygen atoms in total. The molecule has 0 radical (unpaired) electrons. The van der Waals surface area contributed by atoms with Gasteiger partial charge in [-0.05, 0) is 19.3 Å². The molecule has 1 heterocycles. The Morgan fingerprint density at radius 2 is 2.50 bits per heavy atom. The Labute approximate surface area is 81.7 Å². The van der Waals surface area contributed by atoms with E-state index in [9.17, 15) is 4.79 Å². The first-order chi connectivity index (χ1) is 6.77. The summed E-state index contributed by atoms with van der Waals surface area (Å²) in [6.07, 6.45) is 5.63. The van der Waals surface area contributed by atoms with E-state index in [2.05, 4.69) is 10.3 Å². The number of nitrogens with zero attached hydrogens (tertiary/aromatic N) is 1. The molecule has 2 atom stereocenters. The summed E-state index contributed by atoms with van der Waals surface area (Å²) in [5.74, 6) is 0.00829. The Morgan fingerprint density at radius 3 is 3.07 bits per heavy atom. The molecule has 1 aromatic heterocycles. The van der Waals surface area contributed by atoms with E-state index in [1.54, 1.807) is 0 Å². The van der Waals surface area contributed by atoms with E-state index in [0.717, 1.165) is 19.3 Å². The average molecular weight is 195 g/mol. The number of carbonyl (C=O) groups excluding carboxylic acids is 1. The van der Waals surface area contributed by atoms with E-state index < -0.39 is 0 Å². The van der Waals surface area contributed by atoms with Gasteiger partial charge in [0, 0.05) is 12.1 Å². The molecular weight excluding hydrogens is 182 g/mol. The molecule has 14 heavy (non-hydrogen) atoms. The Morgan fingerprint density at radius 1 is 1.64 bits per heavy atom. The van der Waals surface area contributed by atoms with Crippen LogP contribution >= 0.6 is 0 Å². The minimum absolute atomic E-state index is 0.0712. The molecule has 1 aliphatic rings. The summed E-state index contributed by atoms with van der Waals surface area (Å²) in [6, 6.07) is 0.148. The van der Waals surface area contributed by atoms with Crippen LogP contribution < -0.4 is 11.1 Å². The molecule has 76 valence electrons. The van der Waals surface area contributed by atoms with Gasteiger partial charge in [-0.2, -0.15) is 0 Å². The molecule has 0 aromatic carbocycles. The van der Waals surface area contributed by atoms with Crippen molar-refractivity contribution < 1.29 is 9.21 Å². The van der Waals surface area contributed by atoms with Crippen molar-refractivity contribution in [3.63, 3.8) is 0 Å². The van der Waals surface area contributed by atoms with Crippen LogP contribution in [-0.4, -0.2) is 23.0 Å². The highest BCUT2D eigenvalue weighted by Crippen LogP contribution is 2.17. The quantitative estimate of drug-likeness (QED) is 0.710. The summed E-state index contributed by atoms with van der Waals surface area (Å²) in [5.41, 5.74) is 5.82. The molecule has 0 saturated heterocycles. The lowest BCUT2D eigenvalue weighted by Crippen LogP contribution is -2.43. The van der Waals surface area contributed by atoms with Crippen molar-refractivity contribution in [2.45, 2.75) is 31.3 Å². The smallest absolute Gasteiger partial charge is 0.288 e. The Bertz CT molecular complexity index is 310. The van der Waals surface area contributed by atoms with Crippen molar-refractivity contribution in [2.24, 2.45) is 5.73 Å². The predicted molar refractivity (Wildman–Crippen MR) is 49.6 cm³/mol. The summed E-state index contributed by atoms with van der Waals surface area (Å²) in [4.78, 5) is 15.2. The molecule has 1 aliphatic carbocycles. The number of carbonyl (C=O) groups is 1. The van der Waals surface area contributed by atoms with Gasteiger partial charge in [0.15, 0.2) is 6.39 Å². The van der Waals surface area contributed by atoms with Crippen molar-refractivity contribution in [1.29, 1.82) is 0 Å². The van der Waals surface area contributed by atoms with E-state index >= 15 is 0 Å². The zero-order chi connectivity index (χ0) is 9.97. The number of hydrogen-bond donors (Lipinski definition) is 2. The normalized spacial score (nSPS) is 26.4. The molecule has 1 fully saturated rings. The van der Waals surface area contributed by atoms with Crippen LogP contribution in [0.4, 0.5) is 0 Å².